The average molecular weight is 253 g/mol. The van der Waals surface area contributed by atoms with Crippen molar-refractivity contribution in [1.82, 2.24) is 4.90 Å². The number of halogens is 3. The van der Waals surface area contributed by atoms with E-state index in [1.165, 1.54) is 0 Å². The first-order chi connectivity index (χ1) is 7.64. The molecular formula is C10H18F3N3O. The summed E-state index contributed by atoms with van der Waals surface area (Å²) in [7, 11) is 0. The van der Waals surface area contributed by atoms with Crippen molar-refractivity contribution in [2.75, 3.05) is 26.3 Å². The number of hydrogen-bond acceptors (Lipinski definition) is 3. The van der Waals surface area contributed by atoms with Crippen molar-refractivity contribution < 1.29 is 17.9 Å². The fourth-order valence-corrected chi connectivity index (χ4v) is 1.83. The molecule has 1 unspecified atom stereocenters. The topological polar surface area (TPSA) is 62.3 Å². The molecule has 3 N–H and O–H groups in total. The normalized spacial score (nSPS) is 23.4. The van der Waals surface area contributed by atoms with Crippen LogP contribution in [0.3, 0.4) is 0 Å². The number of nitrogens with one attached hydrogen (secondary N) is 1. The lowest BCUT2D eigenvalue weighted by Crippen LogP contribution is -2.57. The molecule has 0 aromatic carbocycles. The first-order valence-electron chi connectivity index (χ1n) is 5.38. The van der Waals surface area contributed by atoms with Gasteiger partial charge in [-0.3, -0.25) is 10.3 Å². The predicted molar refractivity (Wildman–Crippen MR) is 57.9 cm³/mol. The van der Waals surface area contributed by atoms with Gasteiger partial charge in [-0.2, -0.15) is 13.2 Å². The number of morpholine rings is 1. The first-order valence-corrected chi connectivity index (χ1v) is 5.38. The van der Waals surface area contributed by atoms with Gasteiger partial charge in [0, 0.05) is 18.6 Å². The monoisotopic (exact) mass is 253 g/mol. The lowest BCUT2D eigenvalue weighted by Gasteiger charge is -2.43. The van der Waals surface area contributed by atoms with E-state index in [9.17, 15) is 13.2 Å². The summed E-state index contributed by atoms with van der Waals surface area (Å²) < 4.78 is 43.3. The van der Waals surface area contributed by atoms with Crippen molar-refractivity contribution in [3.05, 3.63) is 0 Å². The maximum Gasteiger partial charge on any atom is 0.399 e. The molecular weight excluding hydrogens is 235 g/mol. The molecule has 0 bridgehead atoms. The molecule has 1 atom stereocenters. The Morgan fingerprint density at radius 1 is 1.53 bits per heavy atom. The van der Waals surface area contributed by atoms with Crippen LogP contribution in [0.15, 0.2) is 0 Å². The number of rotatable bonds is 3. The van der Waals surface area contributed by atoms with Crippen LogP contribution in [-0.4, -0.2) is 48.8 Å². The van der Waals surface area contributed by atoms with Crippen LogP contribution in [0.25, 0.3) is 0 Å². The van der Waals surface area contributed by atoms with Crippen molar-refractivity contribution in [3.8, 4) is 0 Å². The van der Waals surface area contributed by atoms with Gasteiger partial charge >= 0.3 is 6.18 Å². The molecule has 0 spiro atoms. The minimum atomic E-state index is -4.47. The van der Waals surface area contributed by atoms with Crippen LogP contribution in [-0.2, 0) is 4.74 Å². The molecule has 1 fully saturated rings. The van der Waals surface area contributed by atoms with Gasteiger partial charge in [0.25, 0.3) is 0 Å². The average Bonchev–Trinajstić information content (AvgIpc) is 2.12. The lowest BCUT2D eigenvalue weighted by atomic mass is 9.98. The highest BCUT2D eigenvalue weighted by Gasteiger charge is 2.45. The van der Waals surface area contributed by atoms with Crippen LogP contribution in [0.4, 0.5) is 13.2 Å². The standard InChI is InChI=1S/C10H18F3N3O/c1-9(2)6-17-4-3-16(9)5-7(8(14)15)10(11,12)13/h7H,3-6H2,1-2H3,(H3,14,15). The Bertz CT molecular complexity index is 291. The Morgan fingerprint density at radius 3 is 2.53 bits per heavy atom. The van der Waals surface area contributed by atoms with Gasteiger partial charge in [-0.05, 0) is 13.8 Å². The number of ether oxygens (including phenoxy) is 1. The second-order valence-corrected chi connectivity index (χ2v) is 4.86. The molecule has 1 saturated heterocycles. The maximum absolute atomic E-state index is 12.7. The Hall–Kier alpha value is -0.820. The fraction of sp³-hybridized carbons (Fsp3) is 0.900. The zero-order valence-corrected chi connectivity index (χ0v) is 9.97. The van der Waals surface area contributed by atoms with E-state index in [0.29, 0.717) is 19.8 Å². The summed E-state index contributed by atoms with van der Waals surface area (Å²) in [5.41, 5.74) is 4.57. The molecule has 17 heavy (non-hydrogen) atoms. The third-order valence-electron chi connectivity index (χ3n) is 2.99. The van der Waals surface area contributed by atoms with E-state index in [2.05, 4.69) is 0 Å². The van der Waals surface area contributed by atoms with E-state index in [-0.39, 0.29) is 6.54 Å². The van der Waals surface area contributed by atoms with Crippen molar-refractivity contribution in [1.29, 1.82) is 5.41 Å². The summed E-state index contributed by atoms with van der Waals surface area (Å²) in [6, 6.07) is 0. The number of amidine groups is 1. The van der Waals surface area contributed by atoms with E-state index >= 15 is 0 Å². The summed E-state index contributed by atoms with van der Waals surface area (Å²) in [5, 5.41) is 7.06. The summed E-state index contributed by atoms with van der Waals surface area (Å²) in [6.07, 6.45) is -4.47. The largest absolute Gasteiger partial charge is 0.399 e. The van der Waals surface area contributed by atoms with Crippen molar-refractivity contribution >= 4 is 5.84 Å². The molecule has 1 heterocycles. The quantitative estimate of drug-likeness (QED) is 0.587. The number of alkyl halides is 3. The van der Waals surface area contributed by atoms with Crippen LogP contribution in [0, 0.1) is 11.3 Å². The van der Waals surface area contributed by atoms with Crippen LogP contribution < -0.4 is 5.73 Å². The molecule has 0 radical (unpaired) electrons. The minimum Gasteiger partial charge on any atom is -0.387 e. The molecule has 0 saturated carbocycles. The van der Waals surface area contributed by atoms with Crippen LogP contribution in [0.1, 0.15) is 13.8 Å². The van der Waals surface area contributed by atoms with Crippen LogP contribution in [0.2, 0.25) is 0 Å². The third-order valence-corrected chi connectivity index (χ3v) is 2.99. The molecule has 4 nitrogen and oxygen atoms in total. The van der Waals surface area contributed by atoms with Gasteiger partial charge in [-0.1, -0.05) is 0 Å². The molecule has 0 aliphatic carbocycles. The molecule has 100 valence electrons. The minimum absolute atomic E-state index is 0.283. The molecule has 0 aromatic rings. The predicted octanol–water partition coefficient (Wildman–Crippen LogP) is 1.21. The molecule has 0 amide bonds. The highest BCUT2D eigenvalue weighted by molar-refractivity contribution is 5.80. The summed E-state index contributed by atoms with van der Waals surface area (Å²) in [5.74, 6) is -2.74. The van der Waals surface area contributed by atoms with E-state index in [1.807, 2.05) is 13.8 Å². The molecule has 7 heteroatoms. The van der Waals surface area contributed by atoms with Crippen LogP contribution >= 0.6 is 0 Å². The maximum atomic E-state index is 12.7. The Morgan fingerprint density at radius 2 is 2.12 bits per heavy atom. The number of nitrogens with two attached hydrogens (primary N) is 1. The summed E-state index contributed by atoms with van der Waals surface area (Å²) >= 11 is 0. The van der Waals surface area contributed by atoms with Crippen molar-refractivity contribution in [2.24, 2.45) is 11.7 Å². The Kier molecular flexibility index (Phi) is 4.03. The lowest BCUT2D eigenvalue weighted by molar-refractivity contribution is -0.168. The Labute approximate surface area is 98.4 Å². The molecule has 1 aliphatic rings. The zero-order chi connectivity index (χ0) is 13.3. The van der Waals surface area contributed by atoms with Gasteiger partial charge in [0.15, 0.2) is 0 Å². The fourth-order valence-electron chi connectivity index (χ4n) is 1.83. The van der Waals surface area contributed by atoms with Gasteiger partial charge in [0.1, 0.15) is 11.8 Å². The SMILES string of the molecule is CC1(C)COCCN1CC(C(=N)N)C(F)(F)F. The number of nitrogens with zero attached hydrogens (tertiary/aromatic N) is 1. The molecule has 0 aromatic heterocycles. The van der Waals surface area contributed by atoms with Gasteiger partial charge in [0.05, 0.1) is 13.2 Å². The number of hydrogen-bond donors (Lipinski definition) is 2. The van der Waals surface area contributed by atoms with E-state index in [1.54, 1.807) is 4.90 Å². The van der Waals surface area contributed by atoms with E-state index in [0.717, 1.165) is 0 Å². The highest BCUT2D eigenvalue weighted by Crippen LogP contribution is 2.29. The zero-order valence-electron chi connectivity index (χ0n) is 9.97. The summed E-state index contributed by atoms with van der Waals surface area (Å²) in [6.45, 7) is 4.57. The first kappa shape index (κ1) is 14.2. The van der Waals surface area contributed by atoms with Crippen molar-refractivity contribution in [2.45, 2.75) is 25.6 Å². The van der Waals surface area contributed by atoms with E-state index in [4.69, 9.17) is 15.9 Å². The van der Waals surface area contributed by atoms with Crippen molar-refractivity contribution in [3.63, 3.8) is 0 Å². The second kappa shape index (κ2) is 4.81. The second-order valence-electron chi connectivity index (χ2n) is 4.86. The molecule has 1 aliphatic heterocycles. The van der Waals surface area contributed by atoms with Gasteiger partial charge in [0.2, 0.25) is 0 Å². The molecule has 1 rings (SSSR count). The van der Waals surface area contributed by atoms with E-state index < -0.39 is 23.5 Å². The Balaban J connectivity index is 2.76. The van der Waals surface area contributed by atoms with Crippen LogP contribution in [0.5, 0.6) is 0 Å². The van der Waals surface area contributed by atoms with Gasteiger partial charge < -0.3 is 10.5 Å². The highest BCUT2D eigenvalue weighted by atomic mass is 19.4. The van der Waals surface area contributed by atoms with Gasteiger partial charge in [-0.25, -0.2) is 0 Å². The summed E-state index contributed by atoms with van der Waals surface area (Å²) in [4.78, 5) is 1.68. The smallest absolute Gasteiger partial charge is 0.387 e. The van der Waals surface area contributed by atoms with Gasteiger partial charge in [-0.15, -0.1) is 0 Å². The third kappa shape index (κ3) is 3.57.